The summed E-state index contributed by atoms with van der Waals surface area (Å²) in [4.78, 5) is 22.9. The van der Waals surface area contributed by atoms with E-state index in [0.717, 1.165) is 0 Å². The summed E-state index contributed by atoms with van der Waals surface area (Å²) in [5.74, 6) is -0.971. The second-order valence-corrected chi connectivity index (χ2v) is 3.99. The van der Waals surface area contributed by atoms with Crippen LogP contribution < -0.4 is 5.32 Å². The first-order valence-electron chi connectivity index (χ1n) is 5.49. The number of nitriles is 1. The van der Waals surface area contributed by atoms with Crippen molar-refractivity contribution in [2.24, 2.45) is 0 Å². The molecule has 0 saturated carbocycles. The number of carbonyl (C=O) groups is 2. The van der Waals surface area contributed by atoms with E-state index in [-0.39, 0.29) is 24.1 Å². The molecule has 0 unspecified atom stereocenters. The molecule has 0 aromatic heterocycles. The number of esters is 1. The van der Waals surface area contributed by atoms with Gasteiger partial charge in [0.1, 0.15) is 0 Å². The van der Waals surface area contributed by atoms with Gasteiger partial charge in [0.15, 0.2) is 6.61 Å². The predicted molar refractivity (Wildman–Crippen MR) is 64.7 cm³/mol. The van der Waals surface area contributed by atoms with Crippen molar-refractivity contribution in [2.45, 2.75) is 19.9 Å². The zero-order chi connectivity index (χ0) is 13.5. The minimum Gasteiger partial charge on any atom is -0.452 e. The smallest absolute Gasteiger partial charge is 0.338 e. The lowest BCUT2D eigenvalue weighted by molar-refractivity contribution is -0.124. The maximum atomic E-state index is 11.6. The van der Waals surface area contributed by atoms with Gasteiger partial charge in [0, 0.05) is 6.04 Å². The molecule has 1 rings (SSSR count). The van der Waals surface area contributed by atoms with Crippen LogP contribution in [0.15, 0.2) is 24.3 Å². The van der Waals surface area contributed by atoms with Crippen LogP contribution in [-0.2, 0) is 9.53 Å². The van der Waals surface area contributed by atoms with E-state index in [1.165, 1.54) is 12.1 Å². The lowest BCUT2D eigenvalue weighted by Crippen LogP contribution is -2.33. The molecule has 1 aromatic rings. The Labute approximate surface area is 105 Å². The number of nitrogens with zero attached hydrogens (tertiary/aromatic N) is 1. The minimum absolute atomic E-state index is 0.00174. The van der Waals surface area contributed by atoms with Crippen molar-refractivity contribution >= 4 is 11.9 Å². The summed E-state index contributed by atoms with van der Waals surface area (Å²) >= 11 is 0. The molecule has 0 bridgehead atoms. The fourth-order valence-corrected chi connectivity index (χ4v) is 1.29. The van der Waals surface area contributed by atoms with Crippen LogP contribution in [0.25, 0.3) is 0 Å². The van der Waals surface area contributed by atoms with Crippen LogP contribution in [0.2, 0.25) is 0 Å². The van der Waals surface area contributed by atoms with E-state index >= 15 is 0 Å². The normalized spacial score (nSPS) is 9.67. The van der Waals surface area contributed by atoms with Gasteiger partial charge >= 0.3 is 5.97 Å². The molecule has 0 aliphatic carbocycles. The molecule has 0 fully saturated rings. The molecular weight excluding hydrogens is 232 g/mol. The lowest BCUT2D eigenvalue weighted by atomic mass is 10.1. The van der Waals surface area contributed by atoms with Gasteiger partial charge in [-0.2, -0.15) is 5.26 Å². The molecule has 1 aromatic carbocycles. The van der Waals surface area contributed by atoms with Crippen molar-refractivity contribution in [1.29, 1.82) is 5.26 Å². The highest BCUT2D eigenvalue weighted by Gasteiger charge is 2.11. The summed E-state index contributed by atoms with van der Waals surface area (Å²) in [7, 11) is 0. The van der Waals surface area contributed by atoms with Gasteiger partial charge in [-0.05, 0) is 32.0 Å². The third kappa shape index (κ3) is 4.26. The number of carbonyl (C=O) groups excluding carboxylic acids is 2. The van der Waals surface area contributed by atoms with Gasteiger partial charge in [-0.1, -0.05) is 6.07 Å². The number of nitrogens with one attached hydrogen (secondary N) is 1. The van der Waals surface area contributed by atoms with Crippen molar-refractivity contribution in [3.8, 4) is 6.07 Å². The van der Waals surface area contributed by atoms with E-state index in [0.29, 0.717) is 5.56 Å². The minimum atomic E-state index is -0.619. The van der Waals surface area contributed by atoms with Crippen LogP contribution >= 0.6 is 0 Å². The van der Waals surface area contributed by atoms with Gasteiger partial charge < -0.3 is 10.1 Å². The fraction of sp³-hybridized carbons (Fsp3) is 0.308. The summed E-state index contributed by atoms with van der Waals surface area (Å²) in [6.45, 7) is 3.31. The molecule has 0 atom stereocenters. The molecule has 0 aliphatic heterocycles. The third-order valence-electron chi connectivity index (χ3n) is 2.01. The largest absolute Gasteiger partial charge is 0.452 e. The van der Waals surface area contributed by atoms with Gasteiger partial charge in [-0.3, -0.25) is 4.79 Å². The molecule has 1 amide bonds. The molecule has 0 heterocycles. The monoisotopic (exact) mass is 246 g/mol. The Morgan fingerprint density at radius 1 is 1.44 bits per heavy atom. The van der Waals surface area contributed by atoms with Gasteiger partial charge in [0.05, 0.1) is 17.2 Å². The van der Waals surface area contributed by atoms with E-state index < -0.39 is 5.97 Å². The van der Waals surface area contributed by atoms with E-state index in [4.69, 9.17) is 10.00 Å². The van der Waals surface area contributed by atoms with Crippen LogP contribution in [0.4, 0.5) is 0 Å². The number of hydrogen-bond donors (Lipinski definition) is 1. The van der Waals surface area contributed by atoms with Crippen molar-refractivity contribution in [1.82, 2.24) is 5.32 Å². The molecule has 18 heavy (non-hydrogen) atoms. The second-order valence-electron chi connectivity index (χ2n) is 3.99. The van der Waals surface area contributed by atoms with Crippen LogP contribution in [0.1, 0.15) is 29.8 Å². The summed E-state index contributed by atoms with van der Waals surface area (Å²) in [5, 5.41) is 11.3. The second kappa shape index (κ2) is 6.40. The quantitative estimate of drug-likeness (QED) is 0.810. The lowest BCUT2D eigenvalue weighted by Gasteiger charge is -2.08. The van der Waals surface area contributed by atoms with Crippen LogP contribution in [0.5, 0.6) is 0 Å². The number of ether oxygens (including phenoxy) is 1. The Balaban J connectivity index is 2.55. The number of hydrogen-bond acceptors (Lipinski definition) is 4. The summed E-state index contributed by atoms with van der Waals surface area (Å²) in [6.07, 6.45) is 0. The van der Waals surface area contributed by atoms with E-state index in [1.54, 1.807) is 12.1 Å². The van der Waals surface area contributed by atoms with Crippen molar-refractivity contribution in [3.05, 3.63) is 35.4 Å². The van der Waals surface area contributed by atoms with Crippen LogP contribution in [0.3, 0.4) is 0 Å². The van der Waals surface area contributed by atoms with Crippen molar-refractivity contribution in [3.63, 3.8) is 0 Å². The highest BCUT2D eigenvalue weighted by atomic mass is 16.5. The molecule has 5 heteroatoms. The Morgan fingerprint density at radius 2 is 2.17 bits per heavy atom. The van der Waals surface area contributed by atoms with E-state index in [1.807, 2.05) is 19.9 Å². The Kier molecular flexibility index (Phi) is 4.88. The van der Waals surface area contributed by atoms with Crippen LogP contribution in [-0.4, -0.2) is 24.5 Å². The van der Waals surface area contributed by atoms with Crippen LogP contribution in [0, 0.1) is 11.3 Å². The number of amides is 1. The molecule has 0 spiro atoms. The first kappa shape index (κ1) is 13.7. The molecule has 0 radical (unpaired) electrons. The van der Waals surface area contributed by atoms with Gasteiger partial charge in [-0.15, -0.1) is 0 Å². The SMILES string of the molecule is CC(C)NC(=O)COC(=O)c1cccc(C#N)c1. The van der Waals surface area contributed by atoms with E-state index in [2.05, 4.69) is 5.32 Å². The van der Waals surface area contributed by atoms with Gasteiger partial charge in [0.2, 0.25) is 0 Å². The molecule has 94 valence electrons. The number of rotatable bonds is 4. The standard InChI is InChI=1S/C13H14N2O3/c1-9(2)15-12(16)8-18-13(17)11-5-3-4-10(6-11)7-14/h3-6,9H,8H2,1-2H3,(H,15,16). The van der Waals surface area contributed by atoms with Gasteiger partial charge in [0.25, 0.3) is 5.91 Å². The first-order chi connectivity index (χ1) is 8.52. The van der Waals surface area contributed by atoms with E-state index in [9.17, 15) is 9.59 Å². The summed E-state index contributed by atoms with van der Waals surface area (Å²) < 4.78 is 4.83. The molecule has 0 saturated heterocycles. The number of benzene rings is 1. The Hall–Kier alpha value is -2.35. The molecule has 5 nitrogen and oxygen atoms in total. The highest BCUT2D eigenvalue weighted by molar-refractivity contribution is 5.91. The zero-order valence-electron chi connectivity index (χ0n) is 10.3. The average Bonchev–Trinajstić information content (AvgIpc) is 2.35. The average molecular weight is 246 g/mol. The third-order valence-corrected chi connectivity index (χ3v) is 2.01. The summed E-state index contributed by atoms with van der Waals surface area (Å²) in [5.41, 5.74) is 0.627. The van der Waals surface area contributed by atoms with Gasteiger partial charge in [-0.25, -0.2) is 4.79 Å². The highest BCUT2D eigenvalue weighted by Crippen LogP contribution is 2.05. The molecule has 1 N–H and O–H groups in total. The van der Waals surface area contributed by atoms with Crippen molar-refractivity contribution < 1.29 is 14.3 Å². The fourth-order valence-electron chi connectivity index (χ4n) is 1.29. The Morgan fingerprint density at radius 3 is 2.78 bits per heavy atom. The first-order valence-corrected chi connectivity index (χ1v) is 5.49. The topological polar surface area (TPSA) is 79.2 Å². The summed E-state index contributed by atoms with van der Waals surface area (Å²) in [6, 6.07) is 8.05. The maximum absolute atomic E-state index is 11.6. The zero-order valence-corrected chi connectivity index (χ0v) is 10.3. The predicted octanol–water partition coefficient (Wildman–Crippen LogP) is 1.24. The van der Waals surface area contributed by atoms with Crippen molar-refractivity contribution in [2.75, 3.05) is 6.61 Å². The molecular formula is C13H14N2O3. The maximum Gasteiger partial charge on any atom is 0.338 e. The molecule has 0 aliphatic rings. The Bertz CT molecular complexity index is 489.